The summed E-state index contributed by atoms with van der Waals surface area (Å²) in [6, 6.07) is 5.92. The van der Waals surface area contributed by atoms with Gasteiger partial charge >= 0.3 is 0 Å². The van der Waals surface area contributed by atoms with Crippen molar-refractivity contribution in [2.45, 2.75) is 11.4 Å². The number of nitrogens with zero attached hydrogens (tertiary/aromatic N) is 3. The quantitative estimate of drug-likeness (QED) is 0.717. The molecule has 3 rings (SSSR count). The molecule has 0 spiro atoms. The Kier molecular flexibility index (Phi) is 4.35. The number of phenolic OH excluding ortho intramolecular Hbond substituents is 1. The Morgan fingerprint density at radius 2 is 2.17 bits per heavy atom. The Morgan fingerprint density at radius 3 is 2.91 bits per heavy atom. The van der Waals surface area contributed by atoms with Crippen molar-refractivity contribution in [1.29, 1.82) is 0 Å². The molecule has 0 atom stereocenters. The lowest BCUT2D eigenvalue weighted by atomic mass is 10.3. The van der Waals surface area contributed by atoms with E-state index in [0.717, 1.165) is 0 Å². The zero-order chi connectivity index (χ0) is 16.4. The molecule has 3 aromatic rings. The van der Waals surface area contributed by atoms with Gasteiger partial charge in [0.1, 0.15) is 4.90 Å². The first-order chi connectivity index (χ1) is 11.0. The fourth-order valence-corrected chi connectivity index (χ4v) is 4.06. The molecule has 0 aliphatic rings. The first-order valence-electron chi connectivity index (χ1n) is 6.39. The Balaban J connectivity index is 1.76. The zero-order valence-corrected chi connectivity index (χ0v) is 13.9. The van der Waals surface area contributed by atoms with E-state index in [2.05, 4.69) is 14.8 Å². The third-order valence-electron chi connectivity index (χ3n) is 2.92. The highest BCUT2D eigenvalue weighted by Crippen LogP contribution is 2.30. The number of sulfonamides is 1. The first kappa shape index (κ1) is 15.9. The third-order valence-corrected chi connectivity index (χ3v) is 5.64. The summed E-state index contributed by atoms with van der Waals surface area (Å²) < 4.78 is 28.5. The average Bonchev–Trinajstić information content (AvgIpc) is 3.18. The molecule has 7 nitrogen and oxygen atoms in total. The Labute approximate surface area is 141 Å². The van der Waals surface area contributed by atoms with E-state index < -0.39 is 15.8 Å². The minimum atomic E-state index is -3.88. The molecule has 0 bridgehead atoms. The smallest absolute Gasteiger partial charge is 0.244 e. The lowest BCUT2D eigenvalue weighted by Crippen LogP contribution is -2.22. The molecule has 10 heteroatoms. The van der Waals surface area contributed by atoms with Gasteiger partial charge in [-0.15, -0.1) is 0 Å². The maximum absolute atomic E-state index is 12.3. The molecule has 120 valence electrons. The number of aromatic hydroxyl groups is 1. The van der Waals surface area contributed by atoms with E-state index in [1.807, 2.05) is 0 Å². The van der Waals surface area contributed by atoms with Crippen LogP contribution in [0.25, 0.3) is 5.13 Å². The van der Waals surface area contributed by atoms with Crippen molar-refractivity contribution >= 4 is 33.0 Å². The number of phenols is 1. The second kappa shape index (κ2) is 6.28. The number of para-hydroxylation sites is 1. The largest absolute Gasteiger partial charge is 0.505 e. The summed E-state index contributed by atoms with van der Waals surface area (Å²) in [6.45, 7) is 0.0488. The van der Waals surface area contributed by atoms with Gasteiger partial charge in [0.2, 0.25) is 15.2 Å². The van der Waals surface area contributed by atoms with E-state index >= 15 is 0 Å². The van der Waals surface area contributed by atoms with Crippen molar-refractivity contribution in [2.24, 2.45) is 0 Å². The van der Waals surface area contributed by atoms with Crippen LogP contribution in [0, 0.1) is 0 Å². The minimum absolute atomic E-state index is 0.0216. The van der Waals surface area contributed by atoms with Gasteiger partial charge in [0.15, 0.2) is 5.75 Å². The van der Waals surface area contributed by atoms with Gasteiger partial charge in [-0.1, -0.05) is 29.0 Å². The summed E-state index contributed by atoms with van der Waals surface area (Å²) in [6.07, 6.45) is 4.95. The SMILES string of the molecule is O=S(=O)(NCc1cnc(-n2cccn2)s1)c1cccc(Cl)c1O. The van der Waals surface area contributed by atoms with Crippen molar-refractivity contribution in [3.63, 3.8) is 0 Å². The molecule has 2 aromatic heterocycles. The van der Waals surface area contributed by atoms with Gasteiger partial charge in [0, 0.05) is 30.0 Å². The van der Waals surface area contributed by atoms with Crippen molar-refractivity contribution in [2.75, 3.05) is 0 Å². The highest BCUT2D eigenvalue weighted by Gasteiger charge is 2.20. The predicted octanol–water partition coefficient (Wildman–Crippen LogP) is 2.17. The molecule has 2 heterocycles. The van der Waals surface area contributed by atoms with Gasteiger partial charge in [0.25, 0.3) is 0 Å². The molecule has 2 N–H and O–H groups in total. The molecule has 1 aromatic carbocycles. The Hall–Kier alpha value is -1.94. The van der Waals surface area contributed by atoms with Crippen LogP contribution in [0.4, 0.5) is 0 Å². The number of nitrogens with one attached hydrogen (secondary N) is 1. The molecule has 0 radical (unpaired) electrons. The number of aromatic nitrogens is 3. The van der Waals surface area contributed by atoms with Crippen LogP contribution in [0.3, 0.4) is 0 Å². The van der Waals surface area contributed by atoms with Crippen LogP contribution in [0.1, 0.15) is 4.88 Å². The molecule has 0 unspecified atom stereocenters. The molecule has 0 saturated carbocycles. The summed E-state index contributed by atoms with van der Waals surface area (Å²) in [5.41, 5.74) is 0. The first-order valence-corrected chi connectivity index (χ1v) is 9.07. The lowest BCUT2D eigenvalue weighted by Gasteiger charge is -2.08. The van der Waals surface area contributed by atoms with E-state index in [1.54, 1.807) is 29.3 Å². The summed E-state index contributed by atoms with van der Waals surface area (Å²) in [5.74, 6) is -0.469. The van der Waals surface area contributed by atoms with Gasteiger partial charge in [-0.05, 0) is 18.2 Å². The molecule has 0 aliphatic heterocycles. The van der Waals surface area contributed by atoms with Gasteiger partial charge in [-0.3, -0.25) is 0 Å². The summed E-state index contributed by atoms with van der Waals surface area (Å²) >= 11 is 7.05. The zero-order valence-electron chi connectivity index (χ0n) is 11.5. The number of benzene rings is 1. The fourth-order valence-electron chi connectivity index (χ4n) is 1.82. The maximum atomic E-state index is 12.3. The number of thiazole rings is 1. The molecule has 0 aliphatic carbocycles. The van der Waals surface area contributed by atoms with Crippen molar-refractivity contribution < 1.29 is 13.5 Å². The summed E-state index contributed by atoms with van der Waals surface area (Å²) in [4.78, 5) is 4.62. The van der Waals surface area contributed by atoms with Crippen LogP contribution in [-0.2, 0) is 16.6 Å². The molecular formula is C13H11ClN4O3S2. The standard InChI is InChI=1S/C13H11ClN4O3S2/c14-10-3-1-4-11(12(10)19)23(20,21)17-8-9-7-15-13(22-9)18-6-2-5-16-18/h1-7,17,19H,8H2. The van der Waals surface area contributed by atoms with Crippen LogP contribution in [0.15, 0.2) is 47.8 Å². The molecule has 0 fully saturated rings. The number of halogens is 1. The Bertz CT molecular complexity index is 923. The molecular weight excluding hydrogens is 360 g/mol. The summed E-state index contributed by atoms with van der Waals surface area (Å²) in [5, 5.41) is 14.5. The van der Waals surface area contributed by atoms with Crippen LogP contribution in [-0.4, -0.2) is 28.3 Å². The van der Waals surface area contributed by atoms with Crippen molar-refractivity contribution in [1.82, 2.24) is 19.5 Å². The van der Waals surface area contributed by atoms with E-state index in [4.69, 9.17) is 11.6 Å². The highest BCUT2D eigenvalue weighted by atomic mass is 35.5. The summed E-state index contributed by atoms with van der Waals surface area (Å²) in [7, 11) is -3.88. The minimum Gasteiger partial charge on any atom is -0.505 e. The van der Waals surface area contributed by atoms with E-state index in [-0.39, 0.29) is 16.5 Å². The van der Waals surface area contributed by atoms with Crippen LogP contribution < -0.4 is 4.72 Å². The maximum Gasteiger partial charge on any atom is 0.244 e. The van der Waals surface area contributed by atoms with Gasteiger partial charge < -0.3 is 5.11 Å². The van der Waals surface area contributed by atoms with Crippen molar-refractivity contribution in [3.8, 4) is 10.9 Å². The van der Waals surface area contributed by atoms with E-state index in [0.29, 0.717) is 10.0 Å². The fraction of sp³-hybridized carbons (Fsp3) is 0.0769. The van der Waals surface area contributed by atoms with Gasteiger partial charge in [-0.2, -0.15) is 5.10 Å². The Morgan fingerprint density at radius 1 is 1.35 bits per heavy atom. The number of hydrogen-bond donors (Lipinski definition) is 2. The van der Waals surface area contributed by atoms with Crippen LogP contribution in [0.2, 0.25) is 5.02 Å². The second-order valence-corrected chi connectivity index (χ2v) is 7.71. The molecule has 23 heavy (non-hydrogen) atoms. The highest BCUT2D eigenvalue weighted by molar-refractivity contribution is 7.89. The van der Waals surface area contributed by atoms with Crippen LogP contribution >= 0.6 is 22.9 Å². The third kappa shape index (κ3) is 3.37. The van der Waals surface area contributed by atoms with E-state index in [1.165, 1.54) is 29.5 Å². The lowest BCUT2D eigenvalue weighted by molar-refractivity contribution is 0.458. The number of hydrogen-bond acceptors (Lipinski definition) is 6. The van der Waals surface area contributed by atoms with Crippen LogP contribution in [0.5, 0.6) is 5.75 Å². The molecule has 0 saturated heterocycles. The molecule has 0 amide bonds. The normalized spacial score (nSPS) is 11.7. The second-order valence-electron chi connectivity index (χ2n) is 4.47. The number of rotatable bonds is 5. The van der Waals surface area contributed by atoms with E-state index in [9.17, 15) is 13.5 Å². The topological polar surface area (TPSA) is 97.1 Å². The van der Waals surface area contributed by atoms with Crippen molar-refractivity contribution in [3.05, 3.63) is 52.8 Å². The van der Waals surface area contributed by atoms with Gasteiger partial charge in [0.05, 0.1) is 5.02 Å². The van der Waals surface area contributed by atoms with Gasteiger partial charge in [-0.25, -0.2) is 22.8 Å². The predicted molar refractivity (Wildman–Crippen MR) is 86.4 cm³/mol. The average molecular weight is 371 g/mol. The monoisotopic (exact) mass is 370 g/mol.